The third-order valence-electron chi connectivity index (χ3n) is 1.10. The third kappa shape index (κ3) is 1.86. The maximum atomic E-state index is 11.9. The summed E-state index contributed by atoms with van der Waals surface area (Å²) in [7, 11) is 0. The summed E-state index contributed by atoms with van der Waals surface area (Å²) < 4.78 is 11.9. The smallest absolute Gasteiger partial charge is 1.00 e. The van der Waals surface area contributed by atoms with Crippen molar-refractivity contribution >= 4 is 0 Å². The maximum Gasteiger partial charge on any atom is 1.00 e. The third-order valence-corrected chi connectivity index (χ3v) is 1.10. The zero-order valence-corrected chi connectivity index (χ0v) is 6.43. The van der Waals surface area contributed by atoms with Crippen molar-refractivity contribution in [2.75, 3.05) is 0 Å². The fourth-order valence-electron chi connectivity index (χ4n) is 0.647. The van der Waals surface area contributed by atoms with E-state index in [1.807, 2.05) is 0 Å². The molecule has 1 rings (SSSR count). The van der Waals surface area contributed by atoms with E-state index < -0.39 is 6.67 Å². The van der Waals surface area contributed by atoms with E-state index in [4.69, 9.17) is 10.5 Å². The van der Waals surface area contributed by atoms with E-state index in [9.17, 15) is 4.39 Å². The summed E-state index contributed by atoms with van der Waals surface area (Å²) in [6.45, 7) is -0.795. The van der Waals surface area contributed by atoms with Crippen LogP contribution in [0.4, 0.5) is 4.39 Å². The SMILES string of the molecule is N#Cc1nc(CF)[nH]c1C#N.[H-].[Li+]. The topological polar surface area (TPSA) is 76.3 Å². The van der Waals surface area contributed by atoms with Crippen molar-refractivity contribution in [2.45, 2.75) is 6.67 Å². The number of imidazole rings is 1. The number of hydrogen-bond donors (Lipinski definition) is 1. The molecule has 6 heteroatoms. The first-order chi connectivity index (χ1) is 5.31. The predicted octanol–water partition coefficient (Wildman–Crippen LogP) is -2.26. The van der Waals surface area contributed by atoms with Crippen molar-refractivity contribution in [2.24, 2.45) is 0 Å². The Morgan fingerprint density at radius 1 is 1.50 bits per heavy atom. The van der Waals surface area contributed by atoms with Crippen LogP contribution in [-0.4, -0.2) is 9.97 Å². The van der Waals surface area contributed by atoms with Crippen LogP contribution in [0.2, 0.25) is 0 Å². The summed E-state index contributed by atoms with van der Waals surface area (Å²) in [5.41, 5.74) is -0.0414. The molecule has 0 spiro atoms. The van der Waals surface area contributed by atoms with Gasteiger partial charge in [-0.15, -0.1) is 0 Å². The number of rotatable bonds is 1. The van der Waals surface area contributed by atoms with Crippen LogP contribution in [0.1, 0.15) is 18.6 Å². The normalized spacial score (nSPS) is 7.92. The van der Waals surface area contributed by atoms with Crippen LogP contribution in [0.15, 0.2) is 0 Å². The molecule has 0 aliphatic heterocycles. The number of nitriles is 2. The second-order valence-electron chi connectivity index (χ2n) is 1.76. The fourth-order valence-corrected chi connectivity index (χ4v) is 0.647. The Hall–Kier alpha value is -1.28. The van der Waals surface area contributed by atoms with Crippen molar-refractivity contribution in [3.63, 3.8) is 0 Å². The number of halogens is 1. The second-order valence-corrected chi connectivity index (χ2v) is 1.76. The van der Waals surface area contributed by atoms with Gasteiger partial charge in [0, 0.05) is 0 Å². The summed E-state index contributed by atoms with van der Waals surface area (Å²) in [6.07, 6.45) is 0. The Morgan fingerprint density at radius 3 is 2.50 bits per heavy atom. The minimum atomic E-state index is -0.795. The molecule has 1 heterocycles. The van der Waals surface area contributed by atoms with Gasteiger partial charge in [0.15, 0.2) is 11.4 Å². The molecule has 0 amide bonds. The van der Waals surface area contributed by atoms with Gasteiger partial charge in [0.05, 0.1) is 0 Å². The monoisotopic (exact) mass is 158 g/mol. The molecule has 1 aromatic rings. The van der Waals surface area contributed by atoms with Crippen molar-refractivity contribution < 1.29 is 24.7 Å². The molecule has 0 unspecified atom stereocenters. The van der Waals surface area contributed by atoms with Crippen molar-refractivity contribution in [3.8, 4) is 12.1 Å². The van der Waals surface area contributed by atoms with Crippen LogP contribution in [0.5, 0.6) is 0 Å². The summed E-state index contributed by atoms with van der Waals surface area (Å²) in [5, 5.41) is 16.7. The molecule has 0 radical (unpaired) electrons. The first kappa shape index (κ1) is 10.7. The summed E-state index contributed by atoms with van der Waals surface area (Å²) in [4.78, 5) is 5.87. The number of H-pyrrole nitrogens is 1. The number of aromatic amines is 1. The molecule has 56 valence electrons. The summed E-state index contributed by atoms with van der Waals surface area (Å²) in [5.74, 6) is 0.0121. The van der Waals surface area contributed by atoms with Gasteiger partial charge in [-0.25, -0.2) is 9.37 Å². The minimum absolute atomic E-state index is 0. The van der Waals surface area contributed by atoms with Gasteiger partial charge in [0.1, 0.15) is 24.6 Å². The molecule has 0 saturated carbocycles. The zero-order valence-electron chi connectivity index (χ0n) is 7.43. The average molecular weight is 158 g/mol. The summed E-state index contributed by atoms with van der Waals surface area (Å²) >= 11 is 0. The van der Waals surface area contributed by atoms with Crippen molar-refractivity contribution in [1.29, 1.82) is 10.5 Å². The van der Waals surface area contributed by atoms with E-state index in [0.29, 0.717) is 0 Å². The molecule has 0 atom stereocenters. The number of nitrogens with zero attached hydrogens (tertiary/aromatic N) is 3. The molecule has 1 aromatic heterocycles. The molecule has 0 aliphatic rings. The van der Waals surface area contributed by atoms with E-state index in [1.165, 1.54) is 0 Å². The quantitative estimate of drug-likeness (QED) is 0.468. The van der Waals surface area contributed by atoms with E-state index in [2.05, 4.69) is 9.97 Å². The first-order valence-corrected chi connectivity index (χ1v) is 2.77. The zero-order chi connectivity index (χ0) is 8.27. The van der Waals surface area contributed by atoms with E-state index >= 15 is 0 Å². The van der Waals surface area contributed by atoms with Gasteiger partial charge in [-0.1, -0.05) is 0 Å². The standard InChI is InChI=1S/C6H3FN4.Li.H/c7-1-6-10-4(2-8)5(3-9)11-6;;/h1H2,(H,10,11);;/q;+1;-1. The molecule has 0 bridgehead atoms. The number of hydrogen-bond acceptors (Lipinski definition) is 3. The maximum absolute atomic E-state index is 11.9. The van der Waals surface area contributed by atoms with E-state index in [1.54, 1.807) is 12.1 Å². The Labute approximate surface area is 81.7 Å². The van der Waals surface area contributed by atoms with Crippen LogP contribution < -0.4 is 18.9 Å². The Balaban J connectivity index is 0. The van der Waals surface area contributed by atoms with Gasteiger partial charge in [0.25, 0.3) is 0 Å². The van der Waals surface area contributed by atoms with Crippen molar-refractivity contribution in [3.05, 3.63) is 17.2 Å². The second kappa shape index (κ2) is 4.57. The Morgan fingerprint density at radius 2 is 2.17 bits per heavy atom. The largest absolute Gasteiger partial charge is 1.00 e. The van der Waals surface area contributed by atoms with Gasteiger partial charge in [0.2, 0.25) is 0 Å². The molecule has 4 nitrogen and oxygen atoms in total. The van der Waals surface area contributed by atoms with Gasteiger partial charge < -0.3 is 6.41 Å². The van der Waals surface area contributed by atoms with Gasteiger partial charge in [-0.05, 0) is 0 Å². The van der Waals surface area contributed by atoms with Crippen LogP contribution in [0.25, 0.3) is 0 Å². The van der Waals surface area contributed by atoms with Crippen LogP contribution in [-0.2, 0) is 6.67 Å². The van der Waals surface area contributed by atoms with E-state index in [0.717, 1.165) is 0 Å². The first-order valence-electron chi connectivity index (χ1n) is 2.77. The molecular weight excluding hydrogens is 154 g/mol. The average Bonchev–Trinajstić information content (AvgIpc) is 2.46. The van der Waals surface area contributed by atoms with Gasteiger partial charge in [-0.2, -0.15) is 10.5 Å². The number of aromatic nitrogens is 2. The Kier molecular flexibility index (Phi) is 4.08. The molecule has 1 N–H and O–H groups in total. The predicted molar refractivity (Wildman–Crippen MR) is 33.9 cm³/mol. The number of nitrogens with one attached hydrogen (secondary N) is 1. The molecule has 0 saturated heterocycles. The van der Waals surface area contributed by atoms with Crippen LogP contribution in [0.3, 0.4) is 0 Å². The fraction of sp³-hybridized carbons (Fsp3) is 0.167. The van der Waals surface area contributed by atoms with Crippen LogP contribution in [0, 0.1) is 22.7 Å². The minimum Gasteiger partial charge on any atom is -1.00 e. The van der Waals surface area contributed by atoms with Crippen LogP contribution >= 0.6 is 0 Å². The van der Waals surface area contributed by atoms with Gasteiger partial charge in [-0.3, -0.25) is 0 Å². The molecule has 0 fully saturated rings. The number of alkyl halides is 1. The summed E-state index contributed by atoms with van der Waals surface area (Å²) in [6, 6.07) is 3.36. The Bertz CT molecular complexity index is 319. The molecular formula is C6H4FLiN4. The van der Waals surface area contributed by atoms with Gasteiger partial charge >= 0.3 is 18.9 Å². The molecule has 0 aliphatic carbocycles. The van der Waals surface area contributed by atoms with Crippen molar-refractivity contribution in [1.82, 2.24) is 9.97 Å². The molecule has 12 heavy (non-hydrogen) atoms. The van der Waals surface area contributed by atoms with E-state index in [-0.39, 0.29) is 37.5 Å². The molecule has 0 aromatic carbocycles.